The third kappa shape index (κ3) is 3.65. The number of piperidine rings is 1. The first-order chi connectivity index (χ1) is 14.0. The van der Waals surface area contributed by atoms with Crippen LogP contribution in [-0.4, -0.2) is 34.1 Å². The molecule has 5 heteroatoms. The minimum absolute atomic E-state index is 0.109. The summed E-state index contributed by atoms with van der Waals surface area (Å²) in [5.41, 5.74) is 2.37. The van der Waals surface area contributed by atoms with Crippen LogP contribution in [0.4, 0.5) is 4.39 Å². The lowest BCUT2D eigenvalue weighted by Crippen LogP contribution is -2.38. The van der Waals surface area contributed by atoms with E-state index in [-0.39, 0.29) is 29.1 Å². The number of halogens is 1. The van der Waals surface area contributed by atoms with Gasteiger partial charge in [-0.05, 0) is 71.3 Å². The van der Waals surface area contributed by atoms with Crippen molar-refractivity contribution in [3.8, 4) is 11.5 Å². The van der Waals surface area contributed by atoms with Crippen molar-refractivity contribution in [1.82, 2.24) is 4.90 Å². The van der Waals surface area contributed by atoms with Gasteiger partial charge in [0, 0.05) is 18.7 Å². The van der Waals surface area contributed by atoms with Crippen LogP contribution in [0.15, 0.2) is 48.5 Å². The molecule has 1 amide bonds. The molecule has 0 spiro atoms. The van der Waals surface area contributed by atoms with E-state index in [9.17, 15) is 19.4 Å². The highest BCUT2D eigenvalue weighted by atomic mass is 19.1. The van der Waals surface area contributed by atoms with Crippen LogP contribution >= 0.6 is 0 Å². The Kier molecular flexibility index (Phi) is 5.14. The standard InChI is InChI=1S/C24H24FNO3/c1-2-15-6-7-21(25)20(12-15)16-8-10-26(11-9-16)24(29)18-5-3-4-17-13-22(27)23(28)14-19(17)18/h3-7,12-14,16,27-28H,2,8-11H2,1H3. The van der Waals surface area contributed by atoms with E-state index in [4.69, 9.17) is 0 Å². The zero-order valence-corrected chi connectivity index (χ0v) is 16.4. The molecule has 3 aromatic carbocycles. The summed E-state index contributed by atoms with van der Waals surface area (Å²) in [6.07, 6.45) is 2.30. The third-order valence-electron chi connectivity index (χ3n) is 5.90. The average molecular weight is 393 g/mol. The Balaban J connectivity index is 1.54. The van der Waals surface area contributed by atoms with Gasteiger partial charge in [-0.25, -0.2) is 4.39 Å². The smallest absolute Gasteiger partial charge is 0.254 e. The first-order valence-electron chi connectivity index (χ1n) is 10.00. The van der Waals surface area contributed by atoms with Crippen LogP contribution in [0.1, 0.15) is 47.2 Å². The van der Waals surface area contributed by atoms with Crippen molar-refractivity contribution in [3.05, 3.63) is 71.0 Å². The van der Waals surface area contributed by atoms with Crippen LogP contribution < -0.4 is 0 Å². The number of phenolic OH excluding ortho intramolecular Hbond substituents is 2. The van der Waals surface area contributed by atoms with Gasteiger partial charge in [0.15, 0.2) is 11.5 Å². The molecule has 2 N–H and O–H groups in total. The summed E-state index contributed by atoms with van der Waals surface area (Å²) in [6, 6.07) is 13.5. The topological polar surface area (TPSA) is 60.8 Å². The molecule has 0 aliphatic carbocycles. The summed E-state index contributed by atoms with van der Waals surface area (Å²) in [5.74, 6) is -0.626. The zero-order chi connectivity index (χ0) is 20.5. The second kappa shape index (κ2) is 7.74. The van der Waals surface area contributed by atoms with Crippen LogP contribution in [0.5, 0.6) is 11.5 Å². The number of likely N-dealkylation sites (tertiary alicyclic amines) is 1. The molecule has 0 bridgehead atoms. The van der Waals surface area contributed by atoms with Gasteiger partial charge in [0.05, 0.1) is 0 Å². The number of benzene rings is 3. The normalized spacial score (nSPS) is 15.0. The van der Waals surface area contributed by atoms with Gasteiger partial charge in [-0.3, -0.25) is 4.79 Å². The number of nitrogens with zero attached hydrogens (tertiary/aromatic N) is 1. The molecule has 0 aromatic heterocycles. The van der Waals surface area contributed by atoms with Crippen LogP contribution in [0.3, 0.4) is 0 Å². The molecule has 1 aliphatic rings. The molecule has 4 rings (SSSR count). The first kappa shape index (κ1) is 19.2. The molecule has 29 heavy (non-hydrogen) atoms. The maximum absolute atomic E-state index is 14.3. The number of hydrogen-bond donors (Lipinski definition) is 2. The molecular formula is C24H24FNO3. The van der Waals surface area contributed by atoms with E-state index in [1.54, 1.807) is 29.2 Å². The van der Waals surface area contributed by atoms with Crippen LogP contribution in [-0.2, 0) is 6.42 Å². The highest BCUT2D eigenvalue weighted by Gasteiger charge is 2.27. The van der Waals surface area contributed by atoms with E-state index in [0.29, 0.717) is 42.3 Å². The van der Waals surface area contributed by atoms with Crippen LogP contribution in [0.25, 0.3) is 10.8 Å². The molecular weight excluding hydrogens is 369 g/mol. The Labute approximate surface area is 169 Å². The number of carbonyl (C=O) groups excluding carboxylic acids is 1. The fraction of sp³-hybridized carbons (Fsp3) is 0.292. The van der Waals surface area contributed by atoms with E-state index in [0.717, 1.165) is 17.5 Å². The van der Waals surface area contributed by atoms with E-state index in [1.807, 2.05) is 12.1 Å². The molecule has 0 unspecified atom stereocenters. The SMILES string of the molecule is CCc1ccc(F)c(C2CCN(C(=O)c3cccc4cc(O)c(O)cc34)CC2)c1. The Morgan fingerprint density at radius 1 is 1.07 bits per heavy atom. The molecule has 1 aliphatic heterocycles. The summed E-state index contributed by atoms with van der Waals surface area (Å²) in [6.45, 7) is 3.17. The van der Waals surface area contributed by atoms with Crippen molar-refractivity contribution in [3.63, 3.8) is 0 Å². The summed E-state index contributed by atoms with van der Waals surface area (Å²) >= 11 is 0. The summed E-state index contributed by atoms with van der Waals surface area (Å²) in [7, 11) is 0. The number of carbonyl (C=O) groups is 1. The molecule has 0 saturated carbocycles. The molecule has 0 atom stereocenters. The summed E-state index contributed by atoms with van der Waals surface area (Å²) < 4.78 is 14.3. The highest BCUT2D eigenvalue weighted by molar-refractivity contribution is 6.07. The van der Waals surface area contributed by atoms with Gasteiger partial charge >= 0.3 is 0 Å². The number of rotatable bonds is 3. The quantitative estimate of drug-likeness (QED) is 0.618. The van der Waals surface area contributed by atoms with E-state index >= 15 is 0 Å². The zero-order valence-electron chi connectivity index (χ0n) is 16.4. The van der Waals surface area contributed by atoms with Gasteiger partial charge in [0.25, 0.3) is 5.91 Å². The van der Waals surface area contributed by atoms with Crippen molar-refractivity contribution >= 4 is 16.7 Å². The van der Waals surface area contributed by atoms with Gasteiger partial charge in [0.1, 0.15) is 5.82 Å². The summed E-state index contributed by atoms with van der Waals surface area (Å²) in [5, 5.41) is 20.9. The van der Waals surface area contributed by atoms with Crippen molar-refractivity contribution in [2.45, 2.75) is 32.1 Å². The number of amides is 1. The Hall–Kier alpha value is -3.08. The molecule has 1 saturated heterocycles. The minimum atomic E-state index is -0.247. The second-order valence-electron chi connectivity index (χ2n) is 7.64. The molecule has 1 fully saturated rings. The van der Waals surface area contributed by atoms with Crippen molar-refractivity contribution in [2.24, 2.45) is 0 Å². The summed E-state index contributed by atoms with van der Waals surface area (Å²) in [4.78, 5) is 14.9. The maximum Gasteiger partial charge on any atom is 0.254 e. The number of phenols is 2. The average Bonchev–Trinajstić information content (AvgIpc) is 2.74. The van der Waals surface area contributed by atoms with E-state index in [1.165, 1.54) is 12.1 Å². The lowest BCUT2D eigenvalue weighted by molar-refractivity contribution is 0.0714. The van der Waals surface area contributed by atoms with Crippen molar-refractivity contribution in [2.75, 3.05) is 13.1 Å². The van der Waals surface area contributed by atoms with Crippen LogP contribution in [0, 0.1) is 5.82 Å². The van der Waals surface area contributed by atoms with Gasteiger partial charge in [0.2, 0.25) is 0 Å². The van der Waals surface area contributed by atoms with Gasteiger partial charge in [-0.2, -0.15) is 0 Å². The maximum atomic E-state index is 14.3. The third-order valence-corrected chi connectivity index (χ3v) is 5.90. The lowest BCUT2D eigenvalue weighted by Gasteiger charge is -2.33. The van der Waals surface area contributed by atoms with Crippen LogP contribution in [0.2, 0.25) is 0 Å². The van der Waals surface area contributed by atoms with E-state index < -0.39 is 0 Å². The number of aryl methyl sites for hydroxylation is 1. The lowest BCUT2D eigenvalue weighted by atomic mass is 9.87. The highest BCUT2D eigenvalue weighted by Crippen LogP contribution is 2.34. The Bertz CT molecular complexity index is 1070. The van der Waals surface area contributed by atoms with Gasteiger partial charge < -0.3 is 15.1 Å². The molecule has 150 valence electrons. The number of fused-ring (bicyclic) bond motifs is 1. The monoisotopic (exact) mass is 393 g/mol. The predicted molar refractivity (Wildman–Crippen MR) is 111 cm³/mol. The number of hydrogen-bond acceptors (Lipinski definition) is 3. The molecule has 4 nitrogen and oxygen atoms in total. The van der Waals surface area contributed by atoms with Gasteiger partial charge in [-0.15, -0.1) is 0 Å². The second-order valence-corrected chi connectivity index (χ2v) is 7.64. The molecule has 1 heterocycles. The van der Waals surface area contributed by atoms with E-state index in [2.05, 4.69) is 6.92 Å². The molecule has 3 aromatic rings. The number of aromatic hydroxyl groups is 2. The fourth-order valence-corrected chi connectivity index (χ4v) is 4.18. The predicted octanol–water partition coefficient (Wildman–Crippen LogP) is 4.97. The largest absolute Gasteiger partial charge is 0.504 e. The molecule has 0 radical (unpaired) electrons. The first-order valence-corrected chi connectivity index (χ1v) is 10.00. The Morgan fingerprint density at radius 2 is 1.79 bits per heavy atom. The fourth-order valence-electron chi connectivity index (χ4n) is 4.18. The van der Waals surface area contributed by atoms with Gasteiger partial charge in [-0.1, -0.05) is 31.2 Å². The minimum Gasteiger partial charge on any atom is -0.504 e. The van der Waals surface area contributed by atoms with Crippen molar-refractivity contribution < 1.29 is 19.4 Å². The van der Waals surface area contributed by atoms with Crippen molar-refractivity contribution in [1.29, 1.82) is 0 Å². The Morgan fingerprint density at radius 3 is 2.52 bits per heavy atom.